The molecule has 0 aliphatic rings. The van der Waals surface area contributed by atoms with Gasteiger partial charge in [-0.05, 0) is 12.5 Å². The Morgan fingerprint density at radius 3 is 2.19 bits per heavy atom. The molecule has 0 spiro atoms. The first kappa shape index (κ1) is 17.1. The number of methoxy groups -OCH3 is 2. The number of ether oxygens (including phenoxy) is 2. The summed E-state index contributed by atoms with van der Waals surface area (Å²) in [5, 5.41) is 21.4. The lowest BCUT2D eigenvalue weighted by Gasteiger charge is -2.30. The van der Waals surface area contributed by atoms with E-state index in [9.17, 15) is 15.0 Å². The van der Waals surface area contributed by atoms with Gasteiger partial charge in [-0.2, -0.15) is 0 Å². The van der Waals surface area contributed by atoms with Crippen LogP contribution >= 0.6 is 0 Å². The van der Waals surface area contributed by atoms with Crippen LogP contribution in [0.4, 0.5) is 5.69 Å². The van der Waals surface area contributed by atoms with Gasteiger partial charge in [0.1, 0.15) is 0 Å². The van der Waals surface area contributed by atoms with E-state index >= 15 is 0 Å². The Labute approximate surface area is 123 Å². The lowest BCUT2D eigenvalue weighted by Crippen LogP contribution is -2.53. The highest BCUT2D eigenvalue weighted by atomic mass is 16.5. The van der Waals surface area contributed by atoms with Gasteiger partial charge in [0.25, 0.3) is 5.91 Å². The average Bonchev–Trinajstić information content (AvgIpc) is 2.52. The maximum atomic E-state index is 12.3. The van der Waals surface area contributed by atoms with Gasteiger partial charge < -0.3 is 30.7 Å². The lowest BCUT2D eigenvalue weighted by atomic mass is 9.97. The summed E-state index contributed by atoms with van der Waals surface area (Å²) < 4.78 is 10.2. The molecule has 7 heteroatoms. The van der Waals surface area contributed by atoms with Crippen molar-refractivity contribution in [3.05, 3.63) is 17.7 Å². The number of amides is 1. The topological polar surface area (TPSA) is 114 Å². The molecule has 0 aromatic heterocycles. The van der Waals surface area contributed by atoms with Crippen molar-refractivity contribution in [2.45, 2.75) is 18.9 Å². The van der Waals surface area contributed by atoms with Gasteiger partial charge in [-0.15, -0.1) is 0 Å². The fourth-order valence-corrected chi connectivity index (χ4v) is 1.84. The molecule has 21 heavy (non-hydrogen) atoms. The normalized spacial score (nSPS) is 11.1. The first-order valence-electron chi connectivity index (χ1n) is 6.52. The summed E-state index contributed by atoms with van der Waals surface area (Å²) in [4.78, 5) is 12.3. The van der Waals surface area contributed by atoms with Gasteiger partial charge in [-0.1, -0.05) is 6.92 Å². The van der Waals surface area contributed by atoms with Crippen LogP contribution in [0.25, 0.3) is 0 Å². The SMILES string of the molecule is CCC(CO)(CO)NC(=O)c1cc(OC)c(OC)cc1N. The molecule has 1 amide bonds. The second-order valence-corrected chi connectivity index (χ2v) is 4.70. The van der Waals surface area contributed by atoms with E-state index in [0.717, 1.165) is 0 Å². The van der Waals surface area contributed by atoms with E-state index in [1.54, 1.807) is 6.92 Å². The molecule has 1 aromatic carbocycles. The van der Waals surface area contributed by atoms with Crippen molar-refractivity contribution in [2.75, 3.05) is 33.2 Å². The minimum absolute atomic E-state index is 0.187. The molecule has 0 heterocycles. The van der Waals surface area contributed by atoms with Gasteiger partial charge in [0.2, 0.25) is 0 Å². The molecule has 0 saturated heterocycles. The van der Waals surface area contributed by atoms with E-state index in [1.807, 2.05) is 0 Å². The Bertz CT molecular complexity index is 492. The minimum atomic E-state index is -1.09. The Morgan fingerprint density at radius 2 is 1.76 bits per heavy atom. The third kappa shape index (κ3) is 3.56. The minimum Gasteiger partial charge on any atom is -0.493 e. The predicted octanol–water partition coefficient (Wildman–Crippen LogP) is 0.149. The highest BCUT2D eigenvalue weighted by Crippen LogP contribution is 2.32. The van der Waals surface area contributed by atoms with Crippen LogP contribution in [0.2, 0.25) is 0 Å². The molecule has 1 aromatic rings. The lowest BCUT2D eigenvalue weighted by molar-refractivity contribution is 0.0653. The maximum absolute atomic E-state index is 12.3. The Kier molecular flexibility index (Phi) is 5.80. The fourth-order valence-electron chi connectivity index (χ4n) is 1.84. The van der Waals surface area contributed by atoms with Crippen LogP contribution in [0.3, 0.4) is 0 Å². The molecule has 0 bridgehead atoms. The smallest absolute Gasteiger partial charge is 0.254 e. The van der Waals surface area contributed by atoms with Crippen LogP contribution in [0, 0.1) is 0 Å². The van der Waals surface area contributed by atoms with Gasteiger partial charge in [0, 0.05) is 11.8 Å². The molecule has 0 fully saturated rings. The molecule has 118 valence electrons. The quantitative estimate of drug-likeness (QED) is 0.533. The number of aliphatic hydroxyl groups excluding tert-OH is 2. The summed E-state index contributed by atoms with van der Waals surface area (Å²) in [5.41, 5.74) is 5.16. The Morgan fingerprint density at radius 1 is 1.24 bits per heavy atom. The third-order valence-corrected chi connectivity index (χ3v) is 3.46. The van der Waals surface area contributed by atoms with Crippen molar-refractivity contribution < 1.29 is 24.5 Å². The molecule has 0 atom stereocenters. The van der Waals surface area contributed by atoms with Crippen LogP contribution in [0.15, 0.2) is 12.1 Å². The zero-order valence-electron chi connectivity index (χ0n) is 12.5. The van der Waals surface area contributed by atoms with Crippen LogP contribution in [-0.4, -0.2) is 49.1 Å². The van der Waals surface area contributed by atoms with Gasteiger partial charge in [0.05, 0.1) is 38.5 Å². The number of benzene rings is 1. The number of carbonyl (C=O) groups excluding carboxylic acids is 1. The fraction of sp³-hybridized carbons (Fsp3) is 0.500. The van der Waals surface area contributed by atoms with Gasteiger partial charge in [-0.25, -0.2) is 0 Å². The van der Waals surface area contributed by atoms with Crippen molar-refractivity contribution in [3.63, 3.8) is 0 Å². The van der Waals surface area contributed by atoms with E-state index < -0.39 is 11.4 Å². The van der Waals surface area contributed by atoms with E-state index in [4.69, 9.17) is 15.2 Å². The van der Waals surface area contributed by atoms with Crippen molar-refractivity contribution in [1.29, 1.82) is 0 Å². The van der Waals surface area contributed by atoms with Crippen molar-refractivity contribution in [2.24, 2.45) is 0 Å². The molecule has 1 rings (SSSR count). The number of nitrogens with two attached hydrogens (primary N) is 1. The summed E-state index contributed by atoms with van der Waals surface area (Å²) in [6, 6.07) is 2.94. The summed E-state index contributed by atoms with van der Waals surface area (Å²) >= 11 is 0. The molecule has 5 N–H and O–H groups in total. The van der Waals surface area contributed by atoms with Gasteiger partial charge >= 0.3 is 0 Å². The summed E-state index contributed by atoms with van der Waals surface area (Å²) in [5.74, 6) is 0.281. The molecular weight excluding hydrogens is 276 g/mol. The second kappa shape index (κ2) is 7.14. The first-order valence-corrected chi connectivity index (χ1v) is 6.52. The number of hydrogen-bond acceptors (Lipinski definition) is 6. The highest BCUT2D eigenvalue weighted by molar-refractivity contribution is 6.00. The molecular formula is C14H22N2O5. The standard InChI is InChI=1S/C14H22N2O5/c1-4-14(7-17,8-18)16-13(19)9-5-11(20-2)12(21-3)6-10(9)15/h5-6,17-18H,4,7-8,15H2,1-3H3,(H,16,19). The summed E-state index contributed by atoms with van der Waals surface area (Å²) in [6.07, 6.45) is 0.374. The van der Waals surface area contributed by atoms with E-state index in [2.05, 4.69) is 5.32 Å². The van der Waals surface area contributed by atoms with Crippen LogP contribution in [0.1, 0.15) is 23.7 Å². The number of nitrogens with one attached hydrogen (secondary N) is 1. The number of anilines is 1. The predicted molar refractivity (Wildman–Crippen MR) is 78.6 cm³/mol. The van der Waals surface area contributed by atoms with E-state index in [-0.39, 0.29) is 24.5 Å². The van der Waals surface area contributed by atoms with Crippen LogP contribution in [-0.2, 0) is 0 Å². The third-order valence-electron chi connectivity index (χ3n) is 3.46. The van der Waals surface area contributed by atoms with E-state index in [1.165, 1.54) is 26.4 Å². The van der Waals surface area contributed by atoms with Gasteiger partial charge in [0.15, 0.2) is 11.5 Å². The summed E-state index contributed by atoms with van der Waals surface area (Å²) in [6.45, 7) is 1.00. The Balaban J connectivity index is 3.13. The number of rotatable bonds is 7. The van der Waals surface area contributed by atoms with Crippen molar-refractivity contribution >= 4 is 11.6 Å². The largest absolute Gasteiger partial charge is 0.493 e. The first-order chi connectivity index (χ1) is 9.96. The monoisotopic (exact) mass is 298 g/mol. The molecule has 7 nitrogen and oxygen atoms in total. The average molecular weight is 298 g/mol. The Hall–Kier alpha value is -1.99. The van der Waals surface area contributed by atoms with Crippen LogP contribution in [0.5, 0.6) is 11.5 Å². The number of hydrogen-bond donors (Lipinski definition) is 4. The number of nitrogen functional groups attached to an aromatic ring is 1. The second-order valence-electron chi connectivity index (χ2n) is 4.70. The molecule has 0 aliphatic carbocycles. The highest BCUT2D eigenvalue weighted by Gasteiger charge is 2.30. The zero-order chi connectivity index (χ0) is 16.0. The van der Waals surface area contributed by atoms with E-state index in [0.29, 0.717) is 17.9 Å². The summed E-state index contributed by atoms with van der Waals surface area (Å²) in [7, 11) is 2.92. The van der Waals surface area contributed by atoms with Crippen molar-refractivity contribution in [3.8, 4) is 11.5 Å². The molecule has 0 unspecified atom stereocenters. The van der Waals surface area contributed by atoms with Crippen molar-refractivity contribution in [1.82, 2.24) is 5.32 Å². The zero-order valence-corrected chi connectivity index (χ0v) is 12.5. The molecule has 0 aliphatic heterocycles. The molecule has 0 saturated carbocycles. The number of aliphatic hydroxyl groups is 2. The number of carbonyl (C=O) groups is 1. The molecule has 0 radical (unpaired) electrons. The van der Waals surface area contributed by atoms with Gasteiger partial charge in [-0.3, -0.25) is 4.79 Å². The van der Waals surface area contributed by atoms with Crippen LogP contribution < -0.4 is 20.5 Å². The maximum Gasteiger partial charge on any atom is 0.254 e.